The van der Waals surface area contributed by atoms with Crippen molar-refractivity contribution in [3.05, 3.63) is 46.7 Å². The maximum Gasteiger partial charge on any atom is 0.296 e. The third-order valence-corrected chi connectivity index (χ3v) is 6.84. The normalized spacial score (nSPS) is 15.4. The predicted molar refractivity (Wildman–Crippen MR) is 132 cm³/mol. The average molecular weight is 507 g/mol. The van der Waals surface area contributed by atoms with Crippen molar-refractivity contribution in [1.82, 2.24) is 9.55 Å². The Labute approximate surface area is 204 Å². The minimum atomic E-state index is -0.786. The number of methoxy groups -OCH3 is 2. The standard InChI is InChI=1S/C22H20Cl2N4O4S/c1-11-20(21(29)22(30)27-12-4-5-25-18(6-12)32-3)13-7-14(23)16(31-2)8-15(13)28(11)10-19-26-9-17(24)33-19/h4-8,17H,9-10H2,1-3H3,(H,25,27,30). The van der Waals surface area contributed by atoms with Crippen molar-refractivity contribution in [1.29, 1.82) is 0 Å². The zero-order valence-electron chi connectivity index (χ0n) is 18.0. The van der Waals surface area contributed by atoms with Gasteiger partial charge in [0, 0.05) is 35.1 Å². The largest absolute Gasteiger partial charge is 0.495 e. The van der Waals surface area contributed by atoms with E-state index in [1.165, 1.54) is 38.2 Å². The molecule has 0 radical (unpaired) electrons. The molecular formula is C22H20Cl2N4O4S. The van der Waals surface area contributed by atoms with E-state index in [-0.39, 0.29) is 10.3 Å². The van der Waals surface area contributed by atoms with Crippen molar-refractivity contribution in [3.8, 4) is 11.6 Å². The summed E-state index contributed by atoms with van der Waals surface area (Å²) < 4.78 is 12.2. The van der Waals surface area contributed by atoms with Crippen molar-refractivity contribution in [2.45, 2.75) is 18.2 Å². The number of alkyl halides is 1. The van der Waals surface area contributed by atoms with Crippen LogP contribution in [0.5, 0.6) is 11.6 Å². The van der Waals surface area contributed by atoms with Gasteiger partial charge in [0.25, 0.3) is 11.7 Å². The molecule has 0 aliphatic carbocycles. The molecule has 0 fully saturated rings. The van der Waals surface area contributed by atoms with Crippen LogP contribution in [0.3, 0.4) is 0 Å². The van der Waals surface area contributed by atoms with Crippen LogP contribution in [0.15, 0.2) is 35.5 Å². The fourth-order valence-electron chi connectivity index (χ4n) is 3.64. The Morgan fingerprint density at radius 1 is 1.27 bits per heavy atom. The van der Waals surface area contributed by atoms with Gasteiger partial charge in [0.2, 0.25) is 5.88 Å². The number of nitrogens with one attached hydrogen (secondary N) is 1. The second-order valence-electron chi connectivity index (χ2n) is 7.18. The number of nitrogens with zero attached hydrogens (tertiary/aromatic N) is 3. The minimum Gasteiger partial charge on any atom is -0.495 e. The van der Waals surface area contributed by atoms with Gasteiger partial charge < -0.3 is 19.4 Å². The Kier molecular flexibility index (Phi) is 6.83. The van der Waals surface area contributed by atoms with Gasteiger partial charge in [0.15, 0.2) is 0 Å². The lowest BCUT2D eigenvalue weighted by Gasteiger charge is -2.10. The van der Waals surface area contributed by atoms with Crippen LogP contribution < -0.4 is 14.8 Å². The van der Waals surface area contributed by atoms with Gasteiger partial charge in [-0.25, -0.2) is 4.98 Å². The van der Waals surface area contributed by atoms with Crippen LogP contribution in [0.2, 0.25) is 5.02 Å². The number of anilines is 1. The summed E-state index contributed by atoms with van der Waals surface area (Å²) in [5.74, 6) is -0.693. The number of hydrogen-bond acceptors (Lipinski definition) is 7. The fourth-order valence-corrected chi connectivity index (χ4v) is 5.06. The first-order chi connectivity index (χ1) is 15.8. The lowest BCUT2D eigenvalue weighted by molar-refractivity contribution is -0.112. The maximum atomic E-state index is 13.3. The minimum absolute atomic E-state index is 0.115. The van der Waals surface area contributed by atoms with E-state index in [2.05, 4.69) is 15.3 Å². The van der Waals surface area contributed by atoms with Crippen molar-refractivity contribution < 1.29 is 19.1 Å². The number of Topliss-reactive ketones (excluding diaryl/α,β-unsaturated/α-hetero) is 1. The highest BCUT2D eigenvalue weighted by atomic mass is 35.5. The Morgan fingerprint density at radius 2 is 2.06 bits per heavy atom. The van der Waals surface area contributed by atoms with Gasteiger partial charge in [-0.2, -0.15) is 0 Å². The number of amides is 1. The molecule has 172 valence electrons. The van der Waals surface area contributed by atoms with E-state index < -0.39 is 11.7 Å². The lowest BCUT2D eigenvalue weighted by atomic mass is 10.1. The Balaban J connectivity index is 1.75. The molecular weight excluding hydrogens is 487 g/mol. The molecule has 0 saturated heterocycles. The van der Waals surface area contributed by atoms with Gasteiger partial charge >= 0.3 is 0 Å². The number of fused-ring (bicyclic) bond motifs is 1. The smallest absolute Gasteiger partial charge is 0.296 e. The molecule has 0 spiro atoms. The number of halogens is 2. The summed E-state index contributed by atoms with van der Waals surface area (Å²) in [5.41, 5.74) is 1.98. The van der Waals surface area contributed by atoms with E-state index in [9.17, 15) is 9.59 Å². The molecule has 1 aromatic carbocycles. The van der Waals surface area contributed by atoms with Crippen LogP contribution in [0.1, 0.15) is 16.1 Å². The van der Waals surface area contributed by atoms with Crippen LogP contribution in [-0.4, -0.2) is 51.8 Å². The molecule has 1 aliphatic heterocycles. The summed E-state index contributed by atoms with van der Waals surface area (Å²) in [6, 6.07) is 6.50. The third-order valence-electron chi connectivity index (χ3n) is 5.20. The summed E-state index contributed by atoms with van der Waals surface area (Å²) >= 11 is 14.0. The molecule has 1 aliphatic rings. The van der Waals surface area contributed by atoms with E-state index in [1.807, 2.05) is 4.57 Å². The summed E-state index contributed by atoms with van der Waals surface area (Å²) in [6.45, 7) is 2.73. The topological polar surface area (TPSA) is 94.8 Å². The van der Waals surface area contributed by atoms with E-state index >= 15 is 0 Å². The number of ether oxygens (including phenoxy) is 2. The zero-order valence-corrected chi connectivity index (χ0v) is 20.3. The first kappa shape index (κ1) is 23.4. The van der Waals surface area contributed by atoms with Gasteiger partial charge in [0.1, 0.15) is 10.5 Å². The Hall–Kier alpha value is -2.75. The van der Waals surface area contributed by atoms with E-state index in [0.717, 1.165) is 5.04 Å². The van der Waals surface area contributed by atoms with Crippen LogP contribution in [0.4, 0.5) is 5.69 Å². The molecule has 3 aromatic rings. The number of aromatic nitrogens is 2. The number of pyridine rings is 1. The first-order valence-electron chi connectivity index (χ1n) is 9.88. The van der Waals surface area contributed by atoms with Crippen LogP contribution in [0.25, 0.3) is 10.9 Å². The third kappa shape index (κ3) is 4.66. The van der Waals surface area contributed by atoms with Crippen molar-refractivity contribution in [3.63, 3.8) is 0 Å². The number of thioether (sulfide) groups is 1. The van der Waals surface area contributed by atoms with Crippen LogP contribution >= 0.6 is 35.0 Å². The lowest BCUT2D eigenvalue weighted by Crippen LogP contribution is -2.23. The highest BCUT2D eigenvalue weighted by Crippen LogP contribution is 2.36. The van der Waals surface area contributed by atoms with Crippen molar-refractivity contribution in [2.75, 3.05) is 26.1 Å². The van der Waals surface area contributed by atoms with E-state index in [0.29, 0.717) is 52.0 Å². The molecule has 8 nitrogen and oxygen atoms in total. The fraction of sp³-hybridized carbons (Fsp3) is 0.273. The molecule has 1 atom stereocenters. The number of rotatable bonds is 7. The number of ketones is 1. The van der Waals surface area contributed by atoms with Gasteiger partial charge in [-0.05, 0) is 19.1 Å². The summed E-state index contributed by atoms with van der Waals surface area (Å²) in [6.07, 6.45) is 1.48. The second-order valence-corrected chi connectivity index (χ2v) is 9.65. The molecule has 3 heterocycles. The SMILES string of the molecule is COc1cc(NC(=O)C(=O)c2c(C)n(CC3=NCC(Cl)S3)c3cc(OC)c(Cl)cc23)ccn1. The molecule has 11 heteroatoms. The van der Waals surface area contributed by atoms with Crippen LogP contribution in [0, 0.1) is 6.92 Å². The monoisotopic (exact) mass is 506 g/mol. The number of aliphatic imine (C=N–C) groups is 1. The molecule has 0 saturated carbocycles. The van der Waals surface area contributed by atoms with Crippen LogP contribution in [-0.2, 0) is 11.3 Å². The van der Waals surface area contributed by atoms with Gasteiger partial charge in [-0.3, -0.25) is 14.6 Å². The maximum absolute atomic E-state index is 13.3. The predicted octanol–water partition coefficient (Wildman–Crippen LogP) is 4.55. The Bertz CT molecular complexity index is 1290. The van der Waals surface area contributed by atoms with Gasteiger partial charge in [-0.15, -0.1) is 11.6 Å². The second kappa shape index (κ2) is 9.62. The van der Waals surface area contributed by atoms with Crippen molar-refractivity contribution >= 4 is 68.3 Å². The summed E-state index contributed by atoms with van der Waals surface area (Å²) in [7, 11) is 2.99. The average Bonchev–Trinajstić information content (AvgIpc) is 3.33. The summed E-state index contributed by atoms with van der Waals surface area (Å²) in [5, 5.41) is 4.34. The molecule has 2 aromatic heterocycles. The van der Waals surface area contributed by atoms with Crippen molar-refractivity contribution in [2.24, 2.45) is 4.99 Å². The van der Waals surface area contributed by atoms with Gasteiger partial charge in [-0.1, -0.05) is 23.4 Å². The first-order valence-corrected chi connectivity index (χ1v) is 11.6. The highest BCUT2D eigenvalue weighted by Gasteiger charge is 2.28. The molecule has 1 unspecified atom stereocenters. The summed E-state index contributed by atoms with van der Waals surface area (Å²) in [4.78, 5) is 34.6. The number of carbonyl (C=O) groups excluding carboxylic acids is 2. The highest BCUT2D eigenvalue weighted by molar-refractivity contribution is 8.15. The number of hydrogen-bond donors (Lipinski definition) is 1. The number of benzene rings is 1. The molecule has 0 bridgehead atoms. The molecule has 1 amide bonds. The molecule has 33 heavy (non-hydrogen) atoms. The molecule has 1 N–H and O–H groups in total. The Morgan fingerprint density at radius 3 is 2.73 bits per heavy atom. The van der Waals surface area contributed by atoms with E-state index in [4.69, 9.17) is 32.7 Å². The molecule has 4 rings (SSSR count). The van der Waals surface area contributed by atoms with E-state index in [1.54, 1.807) is 25.1 Å². The zero-order chi connectivity index (χ0) is 23.7. The van der Waals surface area contributed by atoms with Gasteiger partial charge in [0.05, 0.1) is 48.5 Å². The number of carbonyl (C=O) groups is 2. The quantitative estimate of drug-likeness (QED) is 0.287.